The average Bonchev–Trinajstić information content (AvgIpc) is 2.84. The highest BCUT2D eigenvalue weighted by Crippen LogP contribution is 2.31. The Morgan fingerprint density at radius 3 is 2.32 bits per heavy atom. The first-order valence-corrected chi connectivity index (χ1v) is 11.7. The number of alkyl halides is 6. The first kappa shape index (κ1) is 26.8. The molecule has 2 fully saturated rings. The molecule has 2 N–H and O–H groups in total. The lowest BCUT2D eigenvalue weighted by Crippen LogP contribution is -2.49. The molecule has 2 aromatic rings. The van der Waals surface area contributed by atoms with Gasteiger partial charge in [0, 0.05) is 44.0 Å². The van der Waals surface area contributed by atoms with E-state index in [1.54, 1.807) is 4.90 Å². The van der Waals surface area contributed by atoms with Gasteiger partial charge in [-0.05, 0) is 38.3 Å². The van der Waals surface area contributed by atoms with Crippen LogP contribution in [0.1, 0.15) is 48.4 Å². The Balaban J connectivity index is 1.26. The van der Waals surface area contributed by atoms with Crippen LogP contribution in [0.2, 0.25) is 0 Å². The standard InChI is InChI=1S/C22H25F6N7O2/c23-21(24,25)14-9-29-20(30-10-14)35-6-3-15(4-7-35)31-18(36)12-34-5-1-2-13(11-34)17-8-16(22(26,27)28)19(37)33-32-17/h8-10,13,15H,1-7,11-12H2,(H,31,36)(H,33,37). The Hall–Kier alpha value is -3.23. The van der Waals surface area contributed by atoms with Crippen LogP contribution in [0.3, 0.4) is 0 Å². The number of aromatic nitrogens is 4. The number of anilines is 1. The van der Waals surface area contributed by atoms with E-state index in [9.17, 15) is 35.9 Å². The molecule has 1 atom stereocenters. The first-order chi connectivity index (χ1) is 17.4. The van der Waals surface area contributed by atoms with Crippen molar-refractivity contribution in [3.05, 3.63) is 45.6 Å². The van der Waals surface area contributed by atoms with E-state index in [1.165, 1.54) is 0 Å². The number of H-pyrrole nitrogens is 1. The van der Waals surface area contributed by atoms with Crippen molar-refractivity contribution in [1.29, 1.82) is 0 Å². The van der Waals surface area contributed by atoms with E-state index < -0.39 is 29.0 Å². The number of hydrogen-bond acceptors (Lipinski definition) is 7. The van der Waals surface area contributed by atoms with Gasteiger partial charge in [0.25, 0.3) is 5.56 Å². The van der Waals surface area contributed by atoms with Crippen molar-refractivity contribution in [3.63, 3.8) is 0 Å². The second-order valence-electron chi connectivity index (χ2n) is 9.21. The molecule has 37 heavy (non-hydrogen) atoms. The molecule has 0 bridgehead atoms. The highest BCUT2D eigenvalue weighted by atomic mass is 19.4. The summed E-state index contributed by atoms with van der Waals surface area (Å²) in [6, 6.07) is 0.648. The summed E-state index contributed by atoms with van der Waals surface area (Å²) in [7, 11) is 0. The fourth-order valence-corrected chi connectivity index (χ4v) is 4.61. The molecule has 0 aromatic carbocycles. The van der Waals surface area contributed by atoms with Gasteiger partial charge in [0.2, 0.25) is 11.9 Å². The number of amides is 1. The maximum Gasteiger partial charge on any atom is 0.421 e. The molecule has 1 amide bonds. The van der Waals surface area contributed by atoms with Gasteiger partial charge in [0.05, 0.1) is 17.8 Å². The van der Waals surface area contributed by atoms with E-state index in [1.807, 2.05) is 10.00 Å². The molecule has 2 aliphatic heterocycles. The molecule has 4 rings (SSSR count). The Morgan fingerprint density at radius 1 is 1.03 bits per heavy atom. The average molecular weight is 533 g/mol. The molecule has 9 nitrogen and oxygen atoms in total. The van der Waals surface area contributed by atoms with Crippen LogP contribution in [0.15, 0.2) is 23.3 Å². The van der Waals surface area contributed by atoms with Crippen LogP contribution in [0.25, 0.3) is 0 Å². The monoisotopic (exact) mass is 533 g/mol. The maximum atomic E-state index is 13.1. The van der Waals surface area contributed by atoms with E-state index in [-0.39, 0.29) is 36.1 Å². The zero-order valence-corrected chi connectivity index (χ0v) is 19.6. The van der Waals surface area contributed by atoms with Gasteiger partial charge in [-0.15, -0.1) is 0 Å². The Morgan fingerprint density at radius 2 is 1.70 bits per heavy atom. The topological polar surface area (TPSA) is 107 Å². The van der Waals surface area contributed by atoms with Crippen LogP contribution in [-0.4, -0.2) is 69.7 Å². The lowest BCUT2D eigenvalue weighted by atomic mass is 9.94. The number of nitrogens with one attached hydrogen (secondary N) is 2. The molecule has 0 saturated carbocycles. The molecule has 2 aromatic heterocycles. The molecule has 2 saturated heterocycles. The van der Waals surface area contributed by atoms with E-state index >= 15 is 0 Å². The SMILES string of the molecule is O=C(CN1CCCC(c2cc(C(F)(F)F)c(=O)[nH]n2)C1)NC1CCN(c2ncc(C(F)(F)F)cn2)CC1. The maximum absolute atomic E-state index is 13.1. The lowest BCUT2D eigenvalue weighted by molar-refractivity contribution is -0.139. The van der Waals surface area contributed by atoms with Crippen LogP contribution >= 0.6 is 0 Å². The molecule has 0 aliphatic carbocycles. The minimum absolute atomic E-state index is 0.0637. The molecule has 202 valence electrons. The fraction of sp³-hybridized carbons (Fsp3) is 0.591. The van der Waals surface area contributed by atoms with Gasteiger partial charge in [-0.3, -0.25) is 14.5 Å². The van der Waals surface area contributed by atoms with Crippen LogP contribution in [-0.2, 0) is 17.1 Å². The fourth-order valence-electron chi connectivity index (χ4n) is 4.61. The second kappa shape index (κ2) is 10.6. The van der Waals surface area contributed by atoms with Gasteiger partial charge in [-0.1, -0.05) is 0 Å². The van der Waals surface area contributed by atoms with Crippen molar-refractivity contribution in [1.82, 2.24) is 30.4 Å². The van der Waals surface area contributed by atoms with Gasteiger partial charge in [0.1, 0.15) is 5.56 Å². The van der Waals surface area contributed by atoms with Crippen molar-refractivity contribution in [2.24, 2.45) is 0 Å². The number of nitrogens with zero attached hydrogens (tertiary/aromatic N) is 5. The van der Waals surface area contributed by atoms with Crippen LogP contribution < -0.4 is 15.8 Å². The van der Waals surface area contributed by atoms with Crippen molar-refractivity contribution >= 4 is 11.9 Å². The third-order valence-corrected chi connectivity index (χ3v) is 6.53. The summed E-state index contributed by atoms with van der Waals surface area (Å²) in [5.41, 5.74) is -3.37. The number of carbonyl (C=O) groups excluding carboxylic acids is 1. The van der Waals surface area contributed by atoms with Crippen LogP contribution in [0.4, 0.5) is 32.3 Å². The highest BCUT2D eigenvalue weighted by molar-refractivity contribution is 5.78. The molecule has 15 heteroatoms. The third-order valence-electron chi connectivity index (χ3n) is 6.53. The summed E-state index contributed by atoms with van der Waals surface area (Å²) in [6.45, 7) is 1.91. The zero-order valence-electron chi connectivity index (χ0n) is 19.6. The highest BCUT2D eigenvalue weighted by Gasteiger charge is 2.36. The summed E-state index contributed by atoms with van der Waals surface area (Å²) in [6.07, 6.45) is -5.45. The quantitative estimate of drug-likeness (QED) is 0.569. The van der Waals surface area contributed by atoms with Crippen LogP contribution in [0, 0.1) is 0 Å². The van der Waals surface area contributed by atoms with Crippen molar-refractivity contribution in [2.75, 3.05) is 37.6 Å². The normalized spacial score (nSPS) is 20.2. The minimum Gasteiger partial charge on any atom is -0.352 e. The van der Waals surface area contributed by atoms with Gasteiger partial charge in [0.15, 0.2) is 0 Å². The number of piperidine rings is 2. The predicted octanol–water partition coefficient (Wildman–Crippen LogP) is 2.56. The number of likely N-dealkylation sites (tertiary alicyclic amines) is 1. The molecular formula is C22H25F6N7O2. The van der Waals surface area contributed by atoms with E-state index in [2.05, 4.69) is 20.4 Å². The predicted molar refractivity (Wildman–Crippen MR) is 119 cm³/mol. The van der Waals surface area contributed by atoms with Crippen LogP contribution in [0.5, 0.6) is 0 Å². The van der Waals surface area contributed by atoms with Gasteiger partial charge < -0.3 is 10.2 Å². The number of hydrogen-bond donors (Lipinski definition) is 2. The first-order valence-electron chi connectivity index (χ1n) is 11.7. The summed E-state index contributed by atoms with van der Waals surface area (Å²) in [5, 5.41) is 8.67. The third kappa shape index (κ3) is 6.76. The molecule has 2 aliphatic rings. The molecule has 4 heterocycles. The summed E-state index contributed by atoms with van der Waals surface area (Å²) < 4.78 is 77.3. The Labute approximate surface area is 207 Å². The zero-order chi connectivity index (χ0) is 26.8. The van der Waals surface area contributed by atoms with Gasteiger partial charge in [-0.2, -0.15) is 31.4 Å². The minimum atomic E-state index is -4.78. The van der Waals surface area contributed by atoms with E-state index in [0.29, 0.717) is 51.9 Å². The van der Waals surface area contributed by atoms with Crippen molar-refractivity contribution < 1.29 is 31.1 Å². The Bertz CT molecular complexity index is 1140. The lowest BCUT2D eigenvalue weighted by Gasteiger charge is -2.34. The summed E-state index contributed by atoms with van der Waals surface area (Å²) in [5.74, 6) is -0.386. The second-order valence-corrected chi connectivity index (χ2v) is 9.21. The van der Waals surface area contributed by atoms with E-state index in [0.717, 1.165) is 18.5 Å². The summed E-state index contributed by atoms with van der Waals surface area (Å²) >= 11 is 0. The molecule has 0 radical (unpaired) electrons. The number of carbonyl (C=O) groups is 1. The largest absolute Gasteiger partial charge is 0.421 e. The van der Waals surface area contributed by atoms with Crippen molar-refractivity contribution in [2.45, 2.75) is 50.0 Å². The molecule has 1 unspecified atom stereocenters. The summed E-state index contributed by atoms with van der Waals surface area (Å²) in [4.78, 5) is 35.3. The number of aromatic amines is 1. The molecule has 0 spiro atoms. The number of halogens is 6. The number of rotatable bonds is 5. The smallest absolute Gasteiger partial charge is 0.352 e. The van der Waals surface area contributed by atoms with Gasteiger partial charge in [-0.25, -0.2) is 15.1 Å². The van der Waals surface area contributed by atoms with E-state index in [4.69, 9.17) is 0 Å². The van der Waals surface area contributed by atoms with Gasteiger partial charge >= 0.3 is 12.4 Å². The molecular weight excluding hydrogens is 508 g/mol. The Kier molecular flexibility index (Phi) is 7.71. The van der Waals surface area contributed by atoms with Crippen molar-refractivity contribution in [3.8, 4) is 0 Å².